The Labute approximate surface area is 80.0 Å². The monoisotopic (exact) mass is 195 g/mol. The maximum atomic E-state index is 5.16. The molecule has 4 N–H and O–H groups in total. The second-order valence-electron chi connectivity index (χ2n) is 2.60. The maximum absolute atomic E-state index is 5.16. The highest BCUT2D eigenvalue weighted by molar-refractivity contribution is 5.75. The summed E-state index contributed by atoms with van der Waals surface area (Å²) in [6.07, 6.45) is 0. The SMILES string of the molecule is NC(N)=NOc1cccc2c1OCO2. The van der Waals surface area contributed by atoms with Crippen LogP contribution in [0.1, 0.15) is 0 Å². The van der Waals surface area contributed by atoms with Crippen molar-refractivity contribution in [3.05, 3.63) is 18.2 Å². The minimum atomic E-state index is -0.151. The van der Waals surface area contributed by atoms with Crippen molar-refractivity contribution in [3.8, 4) is 17.2 Å². The Bertz CT molecular complexity index is 374. The zero-order valence-corrected chi connectivity index (χ0v) is 7.27. The fraction of sp³-hybridized carbons (Fsp3) is 0.125. The quantitative estimate of drug-likeness (QED) is 0.393. The third kappa shape index (κ3) is 1.49. The minimum Gasteiger partial charge on any atom is -0.453 e. The largest absolute Gasteiger partial charge is 0.453 e. The van der Waals surface area contributed by atoms with Crippen LogP contribution in [0.5, 0.6) is 17.2 Å². The number of nitrogens with zero attached hydrogens (tertiary/aromatic N) is 1. The number of para-hydroxylation sites is 1. The average Bonchev–Trinajstić information content (AvgIpc) is 2.62. The van der Waals surface area contributed by atoms with Crippen LogP contribution >= 0.6 is 0 Å². The predicted octanol–water partition coefficient (Wildman–Crippen LogP) is -0.0175. The van der Waals surface area contributed by atoms with Crippen LogP contribution in [0, 0.1) is 0 Å². The fourth-order valence-electron chi connectivity index (χ4n) is 1.08. The molecule has 0 bridgehead atoms. The number of oxime groups is 1. The number of fused-ring (bicyclic) bond motifs is 1. The third-order valence-corrected chi connectivity index (χ3v) is 1.61. The molecule has 0 unspecified atom stereocenters. The van der Waals surface area contributed by atoms with Gasteiger partial charge in [0.2, 0.25) is 24.3 Å². The highest BCUT2D eigenvalue weighted by Gasteiger charge is 2.18. The van der Waals surface area contributed by atoms with Gasteiger partial charge in [-0.05, 0) is 17.3 Å². The third-order valence-electron chi connectivity index (χ3n) is 1.61. The van der Waals surface area contributed by atoms with E-state index in [4.69, 9.17) is 25.8 Å². The van der Waals surface area contributed by atoms with Crippen molar-refractivity contribution < 1.29 is 14.3 Å². The summed E-state index contributed by atoms with van der Waals surface area (Å²) in [6.45, 7) is 0.178. The summed E-state index contributed by atoms with van der Waals surface area (Å²) in [5.41, 5.74) is 10.2. The first-order valence-corrected chi connectivity index (χ1v) is 3.92. The van der Waals surface area contributed by atoms with Crippen molar-refractivity contribution in [2.24, 2.45) is 16.6 Å². The van der Waals surface area contributed by atoms with Crippen molar-refractivity contribution in [1.82, 2.24) is 0 Å². The van der Waals surface area contributed by atoms with E-state index in [1.165, 1.54) is 0 Å². The van der Waals surface area contributed by atoms with Crippen LogP contribution in [-0.4, -0.2) is 12.8 Å². The number of hydrogen-bond donors (Lipinski definition) is 2. The summed E-state index contributed by atoms with van der Waals surface area (Å²) in [4.78, 5) is 4.94. The molecule has 14 heavy (non-hydrogen) atoms. The van der Waals surface area contributed by atoms with Crippen molar-refractivity contribution in [1.29, 1.82) is 0 Å². The molecule has 6 nitrogen and oxygen atoms in total. The summed E-state index contributed by atoms with van der Waals surface area (Å²) in [5, 5.41) is 3.41. The van der Waals surface area contributed by atoms with Gasteiger partial charge in [0.05, 0.1) is 0 Å². The van der Waals surface area contributed by atoms with Crippen LogP contribution in [0.2, 0.25) is 0 Å². The summed E-state index contributed by atoms with van der Waals surface area (Å²) in [7, 11) is 0. The van der Waals surface area contributed by atoms with Gasteiger partial charge in [0.15, 0.2) is 5.75 Å². The number of rotatable bonds is 2. The zero-order chi connectivity index (χ0) is 9.97. The normalized spacial score (nSPS) is 12.3. The molecule has 74 valence electrons. The van der Waals surface area contributed by atoms with Gasteiger partial charge in [0, 0.05) is 0 Å². The molecule has 0 spiro atoms. The number of hydrogen-bond acceptors (Lipinski definition) is 4. The second kappa shape index (κ2) is 3.33. The lowest BCUT2D eigenvalue weighted by Gasteiger charge is -2.02. The Morgan fingerprint density at radius 2 is 2.21 bits per heavy atom. The zero-order valence-electron chi connectivity index (χ0n) is 7.27. The van der Waals surface area contributed by atoms with Crippen LogP contribution in [0.25, 0.3) is 0 Å². The maximum Gasteiger partial charge on any atom is 0.231 e. The molecule has 1 heterocycles. The lowest BCUT2D eigenvalue weighted by molar-refractivity contribution is 0.170. The summed E-state index contributed by atoms with van der Waals surface area (Å²) >= 11 is 0. The highest BCUT2D eigenvalue weighted by Crippen LogP contribution is 2.40. The molecular weight excluding hydrogens is 186 g/mol. The van der Waals surface area contributed by atoms with E-state index in [0.717, 1.165) is 0 Å². The van der Waals surface area contributed by atoms with E-state index < -0.39 is 0 Å². The molecule has 2 rings (SSSR count). The number of ether oxygens (including phenoxy) is 2. The highest BCUT2D eigenvalue weighted by atomic mass is 16.7. The van der Waals surface area contributed by atoms with Crippen molar-refractivity contribution in [2.45, 2.75) is 0 Å². The fourth-order valence-corrected chi connectivity index (χ4v) is 1.08. The molecule has 1 aromatic carbocycles. The van der Waals surface area contributed by atoms with Gasteiger partial charge in [-0.1, -0.05) is 6.07 Å². The van der Waals surface area contributed by atoms with E-state index in [9.17, 15) is 0 Å². The molecule has 1 aliphatic heterocycles. The standard InChI is InChI=1S/C8H9N3O3/c9-8(10)11-14-6-3-1-2-5-7(6)13-4-12-5/h1-3H,4H2,(H4,9,10,11). The molecule has 1 aromatic rings. The van der Waals surface area contributed by atoms with Gasteiger partial charge >= 0.3 is 0 Å². The molecular formula is C8H9N3O3. The van der Waals surface area contributed by atoms with Gasteiger partial charge in [-0.15, -0.1) is 0 Å². The van der Waals surface area contributed by atoms with E-state index in [2.05, 4.69) is 5.16 Å². The topological polar surface area (TPSA) is 92.1 Å². The molecule has 6 heteroatoms. The van der Waals surface area contributed by atoms with Crippen LogP contribution in [-0.2, 0) is 0 Å². The van der Waals surface area contributed by atoms with E-state index in [-0.39, 0.29) is 12.8 Å². The van der Waals surface area contributed by atoms with Gasteiger partial charge < -0.3 is 25.8 Å². The Hall–Kier alpha value is -2.11. The molecule has 1 aliphatic rings. The van der Waals surface area contributed by atoms with Crippen molar-refractivity contribution >= 4 is 5.96 Å². The van der Waals surface area contributed by atoms with Gasteiger partial charge in [-0.25, -0.2) is 0 Å². The Morgan fingerprint density at radius 3 is 3.00 bits per heavy atom. The van der Waals surface area contributed by atoms with Crippen LogP contribution in [0.3, 0.4) is 0 Å². The lowest BCUT2D eigenvalue weighted by Crippen LogP contribution is -2.23. The van der Waals surface area contributed by atoms with Crippen molar-refractivity contribution in [3.63, 3.8) is 0 Å². The lowest BCUT2D eigenvalue weighted by atomic mass is 10.3. The second-order valence-corrected chi connectivity index (χ2v) is 2.60. The Morgan fingerprint density at radius 1 is 1.36 bits per heavy atom. The van der Waals surface area contributed by atoms with Crippen LogP contribution in [0.15, 0.2) is 23.4 Å². The first-order valence-electron chi connectivity index (χ1n) is 3.92. The van der Waals surface area contributed by atoms with Crippen LogP contribution < -0.4 is 25.8 Å². The summed E-state index contributed by atoms with van der Waals surface area (Å²) < 4.78 is 10.3. The van der Waals surface area contributed by atoms with Gasteiger partial charge in [0.1, 0.15) is 0 Å². The van der Waals surface area contributed by atoms with Gasteiger partial charge in [-0.3, -0.25) is 0 Å². The van der Waals surface area contributed by atoms with E-state index >= 15 is 0 Å². The average molecular weight is 195 g/mol. The first-order chi connectivity index (χ1) is 6.77. The van der Waals surface area contributed by atoms with E-state index in [1.807, 2.05) is 0 Å². The Kier molecular flexibility index (Phi) is 2.02. The van der Waals surface area contributed by atoms with Crippen LogP contribution in [0.4, 0.5) is 0 Å². The molecule has 0 radical (unpaired) electrons. The molecule has 0 saturated heterocycles. The molecule has 0 amide bonds. The van der Waals surface area contributed by atoms with Gasteiger partial charge in [0.25, 0.3) is 0 Å². The molecule has 0 saturated carbocycles. The smallest absolute Gasteiger partial charge is 0.231 e. The number of benzene rings is 1. The first kappa shape index (κ1) is 8.49. The molecule has 0 aliphatic carbocycles. The number of nitrogens with two attached hydrogens (primary N) is 2. The summed E-state index contributed by atoms with van der Waals surface area (Å²) in [5.74, 6) is 1.40. The Balaban J connectivity index is 2.26. The molecule has 0 aromatic heterocycles. The summed E-state index contributed by atoms with van der Waals surface area (Å²) in [6, 6.07) is 5.20. The van der Waals surface area contributed by atoms with E-state index in [1.54, 1.807) is 18.2 Å². The molecule has 0 atom stereocenters. The number of guanidine groups is 1. The predicted molar refractivity (Wildman–Crippen MR) is 49.0 cm³/mol. The van der Waals surface area contributed by atoms with Crippen molar-refractivity contribution in [2.75, 3.05) is 6.79 Å². The minimum absolute atomic E-state index is 0.151. The molecule has 0 fully saturated rings. The van der Waals surface area contributed by atoms with Gasteiger partial charge in [-0.2, -0.15) is 0 Å². The van der Waals surface area contributed by atoms with E-state index in [0.29, 0.717) is 17.2 Å².